The number of allylic oxidation sites excluding steroid dienone is 1. The lowest BCUT2D eigenvalue weighted by atomic mass is 9.71. The van der Waals surface area contributed by atoms with Crippen LogP contribution in [0.3, 0.4) is 0 Å². The zero-order chi connectivity index (χ0) is 20.2. The number of nitrogens with zero attached hydrogens (tertiary/aromatic N) is 4. The number of fused-ring (bicyclic) bond motifs is 2. The molecule has 1 spiro atoms. The zero-order valence-electron chi connectivity index (χ0n) is 16.9. The Labute approximate surface area is 169 Å². The van der Waals surface area contributed by atoms with Gasteiger partial charge >= 0.3 is 0 Å². The fraction of sp³-hybridized carbons (Fsp3) is 0.409. The molecule has 2 aromatic heterocycles. The van der Waals surface area contributed by atoms with Crippen LogP contribution in [0.5, 0.6) is 0 Å². The summed E-state index contributed by atoms with van der Waals surface area (Å²) in [6.07, 6.45) is 9.56. The number of amides is 1. The number of carbonyl (C=O) groups is 1. The Kier molecular flexibility index (Phi) is 4.01. The van der Waals surface area contributed by atoms with Gasteiger partial charge in [0.15, 0.2) is 5.95 Å². The van der Waals surface area contributed by atoms with Gasteiger partial charge in [0, 0.05) is 24.7 Å². The monoisotopic (exact) mass is 390 g/mol. The average molecular weight is 390 g/mol. The van der Waals surface area contributed by atoms with Gasteiger partial charge in [-0.1, -0.05) is 6.08 Å². The predicted octanol–water partition coefficient (Wildman–Crippen LogP) is 3.41. The van der Waals surface area contributed by atoms with E-state index in [4.69, 9.17) is 5.73 Å². The van der Waals surface area contributed by atoms with E-state index in [1.807, 2.05) is 29.3 Å². The second kappa shape index (κ2) is 6.47. The zero-order valence-corrected chi connectivity index (χ0v) is 16.9. The number of aromatic nitrogens is 4. The maximum atomic E-state index is 13.0. The topological polar surface area (TPSA) is 92.8 Å². The first-order chi connectivity index (χ1) is 13.9. The van der Waals surface area contributed by atoms with Gasteiger partial charge in [-0.25, -0.2) is 4.98 Å². The van der Waals surface area contributed by atoms with Crippen LogP contribution >= 0.6 is 0 Å². The highest BCUT2D eigenvalue weighted by Crippen LogP contribution is 2.41. The number of nitrogens with two attached hydrogens (primary N) is 1. The average Bonchev–Trinajstić information content (AvgIpc) is 3.29. The molecule has 2 aliphatic rings. The molecule has 29 heavy (non-hydrogen) atoms. The van der Waals surface area contributed by atoms with E-state index < -0.39 is 0 Å². The number of piperidine rings is 1. The molecule has 3 N–H and O–H groups in total. The Morgan fingerprint density at radius 3 is 2.83 bits per heavy atom. The van der Waals surface area contributed by atoms with Crippen molar-refractivity contribution in [1.29, 1.82) is 0 Å². The van der Waals surface area contributed by atoms with Crippen molar-refractivity contribution in [2.24, 2.45) is 5.41 Å². The largest absolute Gasteiger partial charge is 0.369 e. The highest BCUT2D eigenvalue weighted by atomic mass is 16.2. The van der Waals surface area contributed by atoms with Gasteiger partial charge in [0.05, 0.1) is 22.9 Å². The van der Waals surface area contributed by atoms with Crippen LogP contribution in [0.2, 0.25) is 0 Å². The van der Waals surface area contributed by atoms with Gasteiger partial charge in [-0.3, -0.25) is 9.48 Å². The van der Waals surface area contributed by atoms with Crippen molar-refractivity contribution >= 4 is 29.0 Å². The standard InChI is InChI=1S/C22H26N6O/c1-14(2)28-19-5-6-22(12-16(19)13-24-28)7-9-27(10-8-22)20(29)15-3-4-17-18(11-15)26-21(23)25-17/h3-6,11,13-14H,7-10,12H2,1-2H3,(H3,23,25,26). The van der Waals surface area contributed by atoms with Crippen molar-refractivity contribution in [3.05, 3.63) is 47.3 Å². The molecule has 0 saturated carbocycles. The molecule has 1 aliphatic carbocycles. The summed E-state index contributed by atoms with van der Waals surface area (Å²) in [6, 6.07) is 5.89. The predicted molar refractivity (Wildman–Crippen MR) is 113 cm³/mol. The molecule has 0 atom stereocenters. The van der Waals surface area contributed by atoms with E-state index in [1.54, 1.807) is 0 Å². The minimum Gasteiger partial charge on any atom is -0.369 e. The number of imidazole rings is 1. The van der Waals surface area contributed by atoms with Gasteiger partial charge in [-0.15, -0.1) is 0 Å². The van der Waals surface area contributed by atoms with Gasteiger partial charge in [0.25, 0.3) is 5.91 Å². The van der Waals surface area contributed by atoms with Crippen LogP contribution in [-0.2, 0) is 6.42 Å². The minimum absolute atomic E-state index is 0.0722. The normalized spacial score (nSPS) is 18.0. The van der Waals surface area contributed by atoms with E-state index in [0.717, 1.165) is 43.4 Å². The van der Waals surface area contributed by atoms with Gasteiger partial charge in [-0.05, 0) is 68.4 Å². The minimum atomic E-state index is 0.0722. The molecule has 0 bridgehead atoms. The summed E-state index contributed by atoms with van der Waals surface area (Å²) >= 11 is 0. The lowest BCUT2D eigenvalue weighted by Gasteiger charge is -2.41. The SMILES string of the molecule is CC(C)n1ncc2c1C=CC1(CCN(C(=O)c3ccc4nc(N)[nH]c4c3)CC1)C2. The molecule has 1 aromatic carbocycles. The van der Waals surface area contributed by atoms with Crippen molar-refractivity contribution in [3.8, 4) is 0 Å². The van der Waals surface area contributed by atoms with Gasteiger partial charge in [-0.2, -0.15) is 5.10 Å². The molecule has 1 saturated heterocycles. The molecule has 3 aromatic rings. The summed E-state index contributed by atoms with van der Waals surface area (Å²) in [5, 5.41) is 4.57. The second-order valence-corrected chi connectivity index (χ2v) is 8.61. The van der Waals surface area contributed by atoms with Crippen molar-refractivity contribution in [3.63, 3.8) is 0 Å². The quantitative estimate of drug-likeness (QED) is 0.701. The molecule has 5 rings (SSSR count). The van der Waals surface area contributed by atoms with Crippen molar-refractivity contribution < 1.29 is 4.79 Å². The second-order valence-electron chi connectivity index (χ2n) is 8.61. The smallest absolute Gasteiger partial charge is 0.253 e. The van der Waals surface area contributed by atoms with Crippen molar-refractivity contribution in [2.45, 2.75) is 39.2 Å². The summed E-state index contributed by atoms with van der Waals surface area (Å²) in [5.74, 6) is 0.441. The van der Waals surface area contributed by atoms with E-state index in [1.165, 1.54) is 11.3 Å². The Morgan fingerprint density at radius 2 is 2.07 bits per heavy atom. The van der Waals surface area contributed by atoms with Crippen molar-refractivity contribution in [2.75, 3.05) is 18.8 Å². The fourth-order valence-electron chi connectivity index (χ4n) is 4.68. The maximum Gasteiger partial charge on any atom is 0.253 e. The number of nitrogen functional groups attached to an aromatic ring is 1. The summed E-state index contributed by atoms with van der Waals surface area (Å²) < 4.78 is 2.09. The Bertz CT molecular complexity index is 1110. The summed E-state index contributed by atoms with van der Waals surface area (Å²) in [5.41, 5.74) is 10.7. The van der Waals surface area contributed by atoms with Gasteiger partial charge < -0.3 is 15.6 Å². The first-order valence-corrected chi connectivity index (χ1v) is 10.2. The van der Waals surface area contributed by atoms with Crippen LogP contribution < -0.4 is 5.73 Å². The van der Waals surface area contributed by atoms with E-state index in [2.05, 4.69) is 45.7 Å². The van der Waals surface area contributed by atoms with Crippen LogP contribution in [0.15, 0.2) is 30.5 Å². The molecule has 1 fully saturated rings. The van der Waals surface area contributed by atoms with Crippen LogP contribution in [0, 0.1) is 5.41 Å². The van der Waals surface area contributed by atoms with Crippen LogP contribution in [0.25, 0.3) is 17.1 Å². The first-order valence-electron chi connectivity index (χ1n) is 10.2. The van der Waals surface area contributed by atoms with Gasteiger partial charge in [0.2, 0.25) is 0 Å². The summed E-state index contributed by atoms with van der Waals surface area (Å²) in [7, 11) is 0. The molecular weight excluding hydrogens is 364 g/mol. The number of aromatic amines is 1. The molecule has 1 amide bonds. The van der Waals surface area contributed by atoms with E-state index in [-0.39, 0.29) is 11.3 Å². The lowest BCUT2D eigenvalue weighted by Crippen LogP contribution is -2.43. The summed E-state index contributed by atoms with van der Waals surface area (Å²) in [4.78, 5) is 22.2. The Hall–Kier alpha value is -3.09. The van der Waals surface area contributed by atoms with E-state index in [0.29, 0.717) is 17.6 Å². The molecular formula is C22H26N6O. The Morgan fingerprint density at radius 1 is 1.28 bits per heavy atom. The molecule has 150 valence electrons. The number of likely N-dealkylation sites (tertiary alicyclic amines) is 1. The lowest BCUT2D eigenvalue weighted by molar-refractivity contribution is 0.0640. The van der Waals surface area contributed by atoms with Crippen LogP contribution in [-0.4, -0.2) is 43.6 Å². The third-order valence-corrected chi connectivity index (χ3v) is 6.33. The molecule has 7 nitrogen and oxygen atoms in total. The van der Waals surface area contributed by atoms with Crippen LogP contribution in [0.4, 0.5) is 5.95 Å². The number of benzene rings is 1. The molecule has 0 radical (unpaired) electrons. The highest BCUT2D eigenvalue weighted by Gasteiger charge is 2.37. The fourth-order valence-corrected chi connectivity index (χ4v) is 4.68. The number of carbonyl (C=O) groups excluding carboxylic acids is 1. The van der Waals surface area contributed by atoms with E-state index in [9.17, 15) is 4.79 Å². The number of hydrogen-bond donors (Lipinski definition) is 2. The number of H-pyrrole nitrogens is 1. The highest BCUT2D eigenvalue weighted by molar-refractivity contribution is 5.97. The first kappa shape index (κ1) is 18.0. The van der Waals surface area contributed by atoms with Gasteiger partial charge in [0.1, 0.15) is 0 Å². The summed E-state index contributed by atoms with van der Waals surface area (Å²) in [6.45, 7) is 5.84. The number of anilines is 1. The number of nitrogens with one attached hydrogen (secondary N) is 1. The van der Waals surface area contributed by atoms with Crippen LogP contribution in [0.1, 0.15) is 54.3 Å². The number of rotatable bonds is 2. The Balaban J connectivity index is 1.30. The molecule has 7 heteroatoms. The molecule has 3 heterocycles. The molecule has 1 aliphatic heterocycles. The van der Waals surface area contributed by atoms with E-state index >= 15 is 0 Å². The molecule has 0 unspecified atom stereocenters. The third kappa shape index (κ3) is 3.01. The number of hydrogen-bond acceptors (Lipinski definition) is 4. The third-order valence-electron chi connectivity index (χ3n) is 6.33. The maximum absolute atomic E-state index is 13.0. The van der Waals surface area contributed by atoms with Crippen molar-refractivity contribution in [1.82, 2.24) is 24.6 Å².